The maximum absolute atomic E-state index is 11.8. The van der Waals surface area contributed by atoms with Crippen molar-refractivity contribution in [1.29, 1.82) is 0 Å². The molecule has 0 bridgehead atoms. The lowest BCUT2D eigenvalue weighted by atomic mass is 9.83. The smallest absolute Gasteiger partial charge is 0.333 e. The normalized spacial score (nSPS) is 11.2. The van der Waals surface area contributed by atoms with E-state index in [1.54, 1.807) is 7.05 Å². The van der Waals surface area contributed by atoms with Crippen LogP contribution in [0.2, 0.25) is 0 Å². The summed E-state index contributed by atoms with van der Waals surface area (Å²) in [6.07, 6.45) is 0. The van der Waals surface area contributed by atoms with Crippen molar-refractivity contribution in [2.45, 2.75) is 5.54 Å². The van der Waals surface area contributed by atoms with Crippen molar-refractivity contribution < 1.29 is 9.90 Å². The maximum Gasteiger partial charge on any atom is 0.333 e. The van der Waals surface area contributed by atoms with Crippen molar-refractivity contribution in [3.8, 4) is 0 Å². The molecule has 3 heteroatoms. The molecule has 0 saturated carbocycles. The van der Waals surface area contributed by atoms with Crippen LogP contribution in [-0.4, -0.2) is 18.1 Å². The molecule has 0 aliphatic heterocycles. The third-order valence-corrected chi connectivity index (χ3v) is 3.11. The minimum absolute atomic E-state index is 0.714. The Morgan fingerprint density at radius 2 is 1.33 bits per heavy atom. The third kappa shape index (κ3) is 1.89. The molecular formula is C15H15NO2. The lowest BCUT2D eigenvalue weighted by molar-refractivity contribution is -0.143. The molecule has 2 aromatic rings. The van der Waals surface area contributed by atoms with Crippen LogP contribution in [0.1, 0.15) is 11.1 Å². The summed E-state index contributed by atoms with van der Waals surface area (Å²) in [7, 11) is 1.66. The van der Waals surface area contributed by atoms with Gasteiger partial charge in [-0.3, -0.25) is 5.32 Å². The molecule has 18 heavy (non-hydrogen) atoms. The zero-order chi connectivity index (χ0) is 13.0. The van der Waals surface area contributed by atoms with Gasteiger partial charge in [-0.1, -0.05) is 60.7 Å². The van der Waals surface area contributed by atoms with Crippen LogP contribution in [0, 0.1) is 0 Å². The fourth-order valence-corrected chi connectivity index (χ4v) is 2.19. The van der Waals surface area contributed by atoms with Crippen LogP contribution in [-0.2, 0) is 10.3 Å². The second-order valence-corrected chi connectivity index (χ2v) is 4.04. The molecule has 3 nitrogen and oxygen atoms in total. The SMILES string of the molecule is CNC(C(=O)O)(c1ccccc1)c1ccccc1. The number of nitrogens with one attached hydrogen (secondary N) is 1. The first kappa shape index (κ1) is 12.3. The molecule has 0 aliphatic carbocycles. The van der Waals surface area contributed by atoms with Crippen LogP contribution < -0.4 is 5.32 Å². The zero-order valence-corrected chi connectivity index (χ0v) is 10.1. The Balaban J connectivity index is 2.65. The summed E-state index contributed by atoms with van der Waals surface area (Å²) >= 11 is 0. The molecule has 0 amide bonds. The summed E-state index contributed by atoms with van der Waals surface area (Å²) in [6.45, 7) is 0. The van der Waals surface area contributed by atoms with E-state index in [9.17, 15) is 9.90 Å². The lowest BCUT2D eigenvalue weighted by Crippen LogP contribution is -2.48. The van der Waals surface area contributed by atoms with Crippen LogP contribution in [0.5, 0.6) is 0 Å². The van der Waals surface area contributed by atoms with E-state index in [0.717, 1.165) is 0 Å². The summed E-state index contributed by atoms with van der Waals surface area (Å²) in [5, 5.41) is 12.6. The summed E-state index contributed by atoms with van der Waals surface area (Å²) in [4.78, 5) is 11.8. The zero-order valence-electron chi connectivity index (χ0n) is 10.1. The van der Waals surface area contributed by atoms with E-state index in [1.165, 1.54) is 0 Å². The summed E-state index contributed by atoms with van der Waals surface area (Å²) in [5.74, 6) is -0.914. The maximum atomic E-state index is 11.8. The molecule has 0 atom stereocenters. The molecule has 0 unspecified atom stereocenters. The van der Waals surface area contributed by atoms with E-state index < -0.39 is 11.5 Å². The van der Waals surface area contributed by atoms with Gasteiger partial charge in [0.2, 0.25) is 0 Å². The van der Waals surface area contributed by atoms with Crippen LogP contribution in [0.15, 0.2) is 60.7 Å². The van der Waals surface area contributed by atoms with E-state index in [4.69, 9.17) is 0 Å². The van der Waals surface area contributed by atoms with Gasteiger partial charge in [0.05, 0.1) is 0 Å². The van der Waals surface area contributed by atoms with Gasteiger partial charge < -0.3 is 5.11 Å². The molecule has 0 spiro atoms. The fraction of sp³-hybridized carbons (Fsp3) is 0.133. The van der Waals surface area contributed by atoms with Crippen molar-refractivity contribution in [3.63, 3.8) is 0 Å². The Hall–Kier alpha value is -2.13. The van der Waals surface area contributed by atoms with Crippen LogP contribution in [0.4, 0.5) is 0 Å². The molecule has 0 aliphatic rings. The van der Waals surface area contributed by atoms with E-state index in [1.807, 2.05) is 60.7 Å². The van der Waals surface area contributed by atoms with E-state index in [0.29, 0.717) is 11.1 Å². The fourth-order valence-electron chi connectivity index (χ4n) is 2.19. The Labute approximate surface area is 106 Å². The first-order chi connectivity index (χ1) is 8.71. The molecule has 92 valence electrons. The molecular weight excluding hydrogens is 226 g/mol. The number of carboxylic acid groups (broad SMARTS) is 1. The van der Waals surface area contributed by atoms with Gasteiger partial charge in [-0.2, -0.15) is 0 Å². The highest BCUT2D eigenvalue weighted by Crippen LogP contribution is 2.29. The topological polar surface area (TPSA) is 49.3 Å². The number of likely N-dealkylation sites (N-methyl/N-ethyl adjacent to an activating group) is 1. The van der Waals surface area contributed by atoms with E-state index in [-0.39, 0.29) is 0 Å². The quantitative estimate of drug-likeness (QED) is 0.863. The van der Waals surface area contributed by atoms with Gasteiger partial charge in [-0.15, -0.1) is 0 Å². The van der Waals surface area contributed by atoms with Gasteiger partial charge in [-0.05, 0) is 18.2 Å². The number of hydrogen-bond acceptors (Lipinski definition) is 2. The van der Waals surface area contributed by atoms with Gasteiger partial charge in [0, 0.05) is 0 Å². The van der Waals surface area contributed by atoms with Gasteiger partial charge in [0.15, 0.2) is 5.54 Å². The number of carboxylic acids is 1. The largest absolute Gasteiger partial charge is 0.479 e. The average molecular weight is 241 g/mol. The van der Waals surface area contributed by atoms with Crippen molar-refractivity contribution in [3.05, 3.63) is 71.8 Å². The molecule has 0 saturated heterocycles. The second kappa shape index (κ2) is 5.02. The van der Waals surface area contributed by atoms with Gasteiger partial charge in [-0.25, -0.2) is 4.79 Å². The summed E-state index contributed by atoms with van der Waals surface area (Å²) in [6, 6.07) is 18.4. The van der Waals surface area contributed by atoms with Crippen molar-refractivity contribution in [2.24, 2.45) is 0 Å². The molecule has 2 rings (SSSR count). The number of hydrogen-bond donors (Lipinski definition) is 2. The van der Waals surface area contributed by atoms with Crippen molar-refractivity contribution >= 4 is 5.97 Å². The Morgan fingerprint density at radius 1 is 0.944 bits per heavy atom. The molecule has 0 heterocycles. The standard InChI is InChI=1S/C15H15NO2/c1-16-15(14(17)18,12-8-4-2-5-9-12)13-10-6-3-7-11-13/h2-11,16H,1H3,(H,17,18). The summed E-state index contributed by atoms with van der Waals surface area (Å²) < 4.78 is 0. The molecule has 0 fully saturated rings. The minimum atomic E-state index is -1.21. The number of rotatable bonds is 4. The number of carbonyl (C=O) groups is 1. The average Bonchev–Trinajstić information content (AvgIpc) is 2.42. The van der Waals surface area contributed by atoms with Gasteiger partial charge >= 0.3 is 5.97 Å². The first-order valence-electron chi connectivity index (χ1n) is 5.75. The van der Waals surface area contributed by atoms with Crippen LogP contribution in [0.3, 0.4) is 0 Å². The lowest BCUT2D eigenvalue weighted by Gasteiger charge is -2.30. The Bertz CT molecular complexity index is 483. The molecule has 0 radical (unpaired) electrons. The Kier molecular flexibility index (Phi) is 3.44. The Morgan fingerprint density at radius 3 is 1.61 bits per heavy atom. The predicted octanol–water partition coefficient (Wildman–Crippen LogP) is 2.23. The van der Waals surface area contributed by atoms with Crippen molar-refractivity contribution in [2.75, 3.05) is 7.05 Å². The molecule has 2 aromatic carbocycles. The second-order valence-electron chi connectivity index (χ2n) is 4.04. The highest BCUT2D eigenvalue weighted by Gasteiger charge is 2.40. The highest BCUT2D eigenvalue weighted by atomic mass is 16.4. The minimum Gasteiger partial charge on any atom is -0.479 e. The van der Waals surface area contributed by atoms with Crippen LogP contribution in [0.25, 0.3) is 0 Å². The third-order valence-electron chi connectivity index (χ3n) is 3.11. The summed E-state index contributed by atoms with van der Waals surface area (Å²) in [5.41, 5.74) is 0.222. The van der Waals surface area contributed by atoms with Gasteiger partial charge in [0.25, 0.3) is 0 Å². The predicted molar refractivity (Wildman–Crippen MR) is 70.4 cm³/mol. The van der Waals surface area contributed by atoms with Crippen molar-refractivity contribution in [1.82, 2.24) is 5.32 Å². The number of benzene rings is 2. The van der Waals surface area contributed by atoms with Crippen LogP contribution >= 0.6 is 0 Å². The monoisotopic (exact) mass is 241 g/mol. The number of aliphatic carboxylic acids is 1. The molecule has 0 aromatic heterocycles. The first-order valence-corrected chi connectivity index (χ1v) is 5.75. The highest BCUT2D eigenvalue weighted by molar-refractivity contribution is 5.85. The molecule has 2 N–H and O–H groups in total. The van der Waals surface area contributed by atoms with E-state index in [2.05, 4.69) is 5.32 Å². The van der Waals surface area contributed by atoms with Gasteiger partial charge in [0.1, 0.15) is 0 Å². The van der Waals surface area contributed by atoms with E-state index >= 15 is 0 Å².